The van der Waals surface area contributed by atoms with Crippen LogP contribution in [0.25, 0.3) is 10.2 Å². The Morgan fingerprint density at radius 3 is 3.11 bits per heavy atom. The smallest absolute Gasteiger partial charge is 0.188 e. The van der Waals surface area contributed by atoms with Crippen LogP contribution in [0, 0.1) is 0 Å². The topological polar surface area (TPSA) is 42.7 Å². The number of aryl methyl sites for hydroxylation is 1. The molecule has 0 fully saturated rings. The second-order valence-corrected chi connectivity index (χ2v) is 5.79. The number of nitrogens with one attached hydrogen (secondary N) is 1. The molecular formula is C12H11BrN4S. The molecular weight excluding hydrogens is 312 g/mol. The number of halogens is 1. The van der Waals surface area contributed by atoms with Crippen LogP contribution < -0.4 is 5.32 Å². The van der Waals surface area contributed by atoms with Crippen molar-refractivity contribution in [2.24, 2.45) is 0 Å². The maximum Gasteiger partial charge on any atom is 0.188 e. The molecule has 0 bridgehead atoms. The van der Waals surface area contributed by atoms with Crippen molar-refractivity contribution in [3.8, 4) is 0 Å². The average molecular weight is 323 g/mol. The van der Waals surface area contributed by atoms with Gasteiger partial charge in [0.1, 0.15) is 0 Å². The number of fused-ring (bicyclic) bond motifs is 1. The summed E-state index contributed by atoms with van der Waals surface area (Å²) in [5, 5.41) is 8.39. The van der Waals surface area contributed by atoms with Crippen molar-refractivity contribution in [1.82, 2.24) is 14.8 Å². The number of nitrogens with zero attached hydrogens (tertiary/aromatic N) is 3. The lowest BCUT2D eigenvalue weighted by Gasteiger charge is -1.95. The van der Waals surface area contributed by atoms with Crippen LogP contribution in [0.3, 0.4) is 0 Å². The summed E-state index contributed by atoms with van der Waals surface area (Å²) in [5.41, 5.74) is 1.98. The molecule has 0 saturated carbocycles. The third kappa shape index (κ3) is 2.26. The lowest BCUT2D eigenvalue weighted by atomic mass is 10.3. The minimum absolute atomic E-state index is 0.870. The molecule has 0 aliphatic carbocycles. The standard InChI is InChI=1S/C12H11BrN4S/c1-2-17-7-9(6-14-17)15-12-16-10-4-3-8(13)5-11(10)18-12/h3-7H,2H2,1H3,(H,15,16). The quantitative estimate of drug-likeness (QED) is 0.792. The highest BCUT2D eigenvalue weighted by molar-refractivity contribution is 9.10. The molecule has 0 radical (unpaired) electrons. The van der Waals surface area contributed by atoms with Crippen molar-refractivity contribution in [2.45, 2.75) is 13.5 Å². The first-order valence-corrected chi connectivity index (χ1v) is 7.21. The van der Waals surface area contributed by atoms with Crippen LogP contribution >= 0.6 is 27.3 Å². The van der Waals surface area contributed by atoms with Crippen LogP contribution in [0.4, 0.5) is 10.8 Å². The molecule has 92 valence electrons. The van der Waals surface area contributed by atoms with Crippen LogP contribution in [0.5, 0.6) is 0 Å². The minimum Gasteiger partial charge on any atom is -0.329 e. The van der Waals surface area contributed by atoms with Crippen molar-refractivity contribution in [1.29, 1.82) is 0 Å². The summed E-state index contributed by atoms with van der Waals surface area (Å²) in [6.45, 7) is 2.93. The lowest BCUT2D eigenvalue weighted by Crippen LogP contribution is -1.92. The summed E-state index contributed by atoms with van der Waals surface area (Å²) in [5.74, 6) is 0. The Labute approximate surface area is 117 Å². The highest BCUT2D eigenvalue weighted by Gasteiger charge is 2.05. The number of aromatic nitrogens is 3. The van der Waals surface area contributed by atoms with Crippen LogP contribution in [0.2, 0.25) is 0 Å². The van der Waals surface area contributed by atoms with Crippen molar-refractivity contribution in [3.05, 3.63) is 35.1 Å². The molecule has 6 heteroatoms. The van der Waals surface area contributed by atoms with E-state index in [0.29, 0.717) is 0 Å². The van der Waals surface area contributed by atoms with E-state index in [-0.39, 0.29) is 0 Å². The largest absolute Gasteiger partial charge is 0.329 e. The Hall–Kier alpha value is -1.40. The van der Waals surface area contributed by atoms with Crippen molar-refractivity contribution >= 4 is 48.3 Å². The zero-order valence-corrected chi connectivity index (χ0v) is 12.1. The van der Waals surface area contributed by atoms with Gasteiger partial charge in [-0.1, -0.05) is 27.3 Å². The Balaban J connectivity index is 1.90. The van der Waals surface area contributed by atoms with E-state index in [1.807, 2.05) is 29.2 Å². The average Bonchev–Trinajstić information content (AvgIpc) is 2.95. The Morgan fingerprint density at radius 2 is 2.33 bits per heavy atom. The van der Waals surface area contributed by atoms with E-state index in [2.05, 4.69) is 44.3 Å². The van der Waals surface area contributed by atoms with Gasteiger partial charge in [-0.2, -0.15) is 5.10 Å². The van der Waals surface area contributed by atoms with Crippen molar-refractivity contribution in [3.63, 3.8) is 0 Å². The summed E-state index contributed by atoms with van der Waals surface area (Å²) in [6, 6.07) is 6.09. The molecule has 0 aliphatic heterocycles. The van der Waals surface area contributed by atoms with E-state index in [9.17, 15) is 0 Å². The van der Waals surface area contributed by atoms with Crippen molar-refractivity contribution < 1.29 is 0 Å². The number of anilines is 2. The minimum atomic E-state index is 0.870. The summed E-state index contributed by atoms with van der Waals surface area (Å²) in [7, 11) is 0. The first-order valence-electron chi connectivity index (χ1n) is 5.60. The normalized spacial score (nSPS) is 11.0. The first-order chi connectivity index (χ1) is 8.74. The van der Waals surface area contributed by atoms with E-state index in [4.69, 9.17) is 0 Å². The monoisotopic (exact) mass is 322 g/mol. The molecule has 1 aromatic carbocycles. The maximum absolute atomic E-state index is 4.53. The van der Waals surface area contributed by atoms with Gasteiger partial charge in [0.15, 0.2) is 5.13 Å². The van der Waals surface area contributed by atoms with Gasteiger partial charge in [-0.3, -0.25) is 4.68 Å². The zero-order chi connectivity index (χ0) is 12.5. The number of hydrogen-bond donors (Lipinski definition) is 1. The molecule has 0 aliphatic rings. The molecule has 0 unspecified atom stereocenters. The fourth-order valence-corrected chi connectivity index (χ4v) is 3.11. The fourth-order valence-electron chi connectivity index (χ4n) is 1.68. The molecule has 3 rings (SSSR count). The summed E-state index contributed by atoms with van der Waals surface area (Å²) < 4.78 is 4.12. The van der Waals surface area contributed by atoms with Gasteiger partial charge in [0.25, 0.3) is 0 Å². The van der Waals surface area contributed by atoms with Gasteiger partial charge in [0, 0.05) is 17.2 Å². The highest BCUT2D eigenvalue weighted by atomic mass is 79.9. The van der Waals surface area contributed by atoms with Gasteiger partial charge < -0.3 is 5.32 Å². The molecule has 0 amide bonds. The molecule has 0 saturated heterocycles. The molecule has 2 aromatic heterocycles. The third-order valence-electron chi connectivity index (χ3n) is 2.56. The molecule has 18 heavy (non-hydrogen) atoms. The van der Waals surface area contributed by atoms with Gasteiger partial charge in [-0.15, -0.1) is 0 Å². The predicted octanol–water partition coefficient (Wildman–Crippen LogP) is 4.02. The number of hydrogen-bond acceptors (Lipinski definition) is 4. The van der Waals surface area contributed by atoms with Crippen LogP contribution in [-0.4, -0.2) is 14.8 Å². The van der Waals surface area contributed by atoms with E-state index in [0.717, 1.165) is 32.1 Å². The molecule has 2 heterocycles. The van der Waals surface area contributed by atoms with Gasteiger partial charge in [-0.05, 0) is 25.1 Å². The number of rotatable bonds is 3. The Bertz CT molecular complexity index is 688. The predicted molar refractivity (Wildman–Crippen MR) is 78.5 cm³/mol. The summed E-state index contributed by atoms with van der Waals surface area (Å²) in [4.78, 5) is 4.53. The van der Waals surface area contributed by atoms with E-state index in [1.165, 1.54) is 0 Å². The zero-order valence-electron chi connectivity index (χ0n) is 9.72. The van der Waals surface area contributed by atoms with E-state index < -0.39 is 0 Å². The van der Waals surface area contributed by atoms with Crippen molar-refractivity contribution in [2.75, 3.05) is 5.32 Å². The Morgan fingerprint density at radius 1 is 1.44 bits per heavy atom. The van der Waals surface area contributed by atoms with Crippen LogP contribution in [-0.2, 0) is 6.54 Å². The fraction of sp³-hybridized carbons (Fsp3) is 0.167. The second-order valence-electron chi connectivity index (χ2n) is 3.84. The van der Waals surface area contributed by atoms with Gasteiger partial charge >= 0.3 is 0 Å². The molecule has 4 nitrogen and oxygen atoms in total. The van der Waals surface area contributed by atoms with E-state index >= 15 is 0 Å². The molecule has 1 N–H and O–H groups in total. The molecule has 3 aromatic rings. The maximum atomic E-state index is 4.53. The SMILES string of the molecule is CCn1cc(Nc2nc3ccc(Br)cc3s2)cn1. The third-order valence-corrected chi connectivity index (χ3v) is 3.99. The summed E-state index contributed by atoms with van der Waals surface area (Å²) in [6.07, 6.45) is 3.79. The molecule has 0 spiro atoms. The highest BCUT2D eigenvalue weighted by Crippen LogP contribution is 2.30. The number of benzene rings is 1. The second kappa shape index (κ2) is 4.70. The summed E-state index contributed by atoms with van der Waals surface area (Å²) >= 11 is 5.10. The number of thiazole rings is 1. The molecule has 0 atom stereocenters. The first kappa shape index (κ1) is 11.7. The van der Waals surface area contributed by atoms with E-state index in [1.54, 1.807) is 11.3 Å². The van der Waals surface area contributed by atoms with Gasteiger partial charge in [0.2, 0.25) is 0 Å². The lowest BCUT2D eigenvalue weighted by molar-refractivity contribution is 0.660. The van der Waals surface area contributed by atoms with Gasteiger partial charge in [-0.25, -0.2) is 4.98 Å². The van der Waals surface area contributed by atoms with Crippen LogP contribution in [0.1, 0.15) is 6.92 Å². The van der Waals surface area contributed by atoms with Crippen LogP contribution in [0.15, 0.2) is 35.1 Å². The Kier molecular flexibility index (Phi) is 3.05. The van der Waals surface area contributed by atoms with Gasteiger partial charge in [0.05, 0.1) is 22.1 Å².